The maximum absolute atomic E-state index is 12.2. The molecule has 0 radical (unpaired) electrons. The van der Waals surface area contributed by atoms with Crippen LogP contribution in [-0.4, -0.2) is 25.0 Å². The molecule has 1 aliphatic heterocycles. The van der Waals surface area contributed by atoms with E-state index < -0.39 is 0 Å². The van der Waals surface area contributed by atoms with E-state index >= 15 is 0 Å². The average molecular weight is 232 g/mol. The minimum absolute atomic E-state index is 0.0659. The maximum atomic E-state index is 12.2. The van der Waals surface area contributed by atoms with E-state index in [4.69, 9.17) is 0 Å². The largest absolute Gasteiger partial charge is 0.348 e. The number of nitrogens with one attached hydrogen (secondary N) is 2. The molecule has 3 nitrogen and oxygen atoms in total. The number of rotatable bonds is 3. The summed E-state index contributed by atoms with van der Waals surface area (Å²) < 4.78 is 0. The molecule has 2 rings (SSSR count). The Morgan fingerprint density at radius 1 is 1.47 bits per heavy atom. The molecular formula is C14H20N2O. The summed E-state index contributed by atoms with van der Waals surface area (Å²) in [7, 11) is 0. The Morgan fingerprint density at radius 3 is 3.00 bits per heavy atom. The normalized spacial score (nSPS) is 19.9. The van der Waals surface area contributed by atoms with E-state index in [1.807, 2.05) is 24.3 Å². The molecule has 1 aromatic rings. The Kier molecular flexibility index (Phi) is 4.15. The summed E-state index contributed by atoms with van der Waals surface area (Å²) >= 11 is 0. The average Bonchev–Trinajstić information content (AvgIpc) is 2.40. The molecule has 1 amide bonds. The third-order valence-corrected chi connectivity index (χ3v) is 3.27. The van der Waals surface area contributed by atoms with Crippen LogP contribution in [0.15, 0.2) is 24.3 Å². The van der Waals surface area contributed by atoms with Crippen molar-refractivity contribution in [1.29, 1.82) is 0 Å². The van der Waals surface area contributed by atoms with Gasteiger partial charge < -0.3 is 10.6 Å². The topological polar surface area (TPSA) is 41.1 Å². The first-order chi connectivity index (χ1) is 8.31. The summed E-state index contributed by atoms with van der Waals surface area (Å²) in [4.78, 5) is 12.2. The molecule has 0 aliphatic carbocycles. The molecule has 17 heavy (non-hydrogen) atoms. The van der Waals surface area contributed by atoms with Crippen LogP contribution in [0.2, 0.25) is 0 Å². The predicted octanol–water partition coefficient (Wildman–Crippen LogP) is 1.73. The Bertz CT molecular complexity index is 384. The van der Waals surface area contributed by atoms with Gasteiger partial charge in [-0.25, -0.2) is 0 Å². The first kappa shape index (κ1) is 12.1. The molecule has 1 unspecified atom stereocenters. The number of benzene rings is 1. The first-order valence-corrected chi connectivity index (χ1v) is 6.40. The van der Waals surface area contributed by atoms with Crippen molar-refractivity contribution in [3.63, 3.8) is 0 Å². The van der Waals surface area contributed by atoms with Gasteiger partial charge in [0.05, 0.1) is 0 Å². The number of hydrogen-bond donors (Lipinski definition) is 2. The lowest BCUT2D eigenvalue weighted by Gasteiger charge is -2.24. The van der Waals surface area contributed by atoms with Gasteiger partial charge in [0.2, 0.25) is 0 Å². The van der Waals surface area contributed by atoms with Crippen LogP contribution in [0.25, 0.3) is 0 Å². The second-order valence-electron chi connectivity index (χ2n) is 4.53. The molecule has 3 heteroatoms. The van der Waals surface area contributed by atoms with E-state index in [9.17, 15) is 4.79 Å². The van der Waals surface area contributed by atoms with Crippen LogP contribution in [-0.2, 0) is 6.42 Å². The van der Waals surface area contributed by atoms with Gasteiger partial charge >= 0.3 is 0 Å². The molecule has 92 valence electrons. The fraction of sp³-hybridized carbons (Fsp3) is 0.500. The molecule has 1 fully saturated rings. The van der Waals surface area contributed by atoms with Crippen molar-refractivity contribution in [2.45, 2.75) is 32.2 Å². The standard InChI is InChI=1S/C14H20N2O/c1-2-11-6-3-4-8-13(11)14(17)16-12-7-5-9-15-10-12/h3-4,6,8,12,15H,2,5,7,9-10H2,1H3,(H,16,17). The Hall–Kier alpha value is -1.35. The number of carbonyl (C=O) groups excluding carboxylic acids is 1. The van der Waals surface area contributed by atoms with Crippen molar-refractivity contribution < 1.29 is 4.79 Å². The zero-order valence-electron chi connectivity index (χ0n) is 10.3. The summed E-state index contributed by atoms with van der Waals surface area (Å²) in [5.74, 6) is 0.0659. The lowest BCUT2D eigenvalue weighted by atomic mass is 10.0. The van der Waals surface area contributed by atoms with Crippen LogP contribution in [0.1, 0.15) is 35.7 Å². The SMILES string of the molecule is CCc1ccccc1C(=O)NC1CCCNC1. The highest BCUT2D eigenvalue weighted by Crippen LogP contribution is 2.10. The first-order valence-electron chi connectivity index (χ1n) is 6.40. The van der Waals surface area contributed by atoms with Gasteiger partial charge in [-0.1, -0.05) is 25.1 Å². The minimum Gasteiger partial charge on any atom is -0.348 e. The highest BCUT2D eigenvalue weighted by Gasteiger charge is 2.17. The van der Waals surface area contributed by atoms with Crippen LogP contribution < -0.4 is 10.6 Å². The molecule has 0 bridgehead atoms. The van der Waals surface area contributed by atoms with Crippen LogP contribution in [0.5, 0.6) is 0 Å². The van der Waals surface area contributed by atoms with Crippen molar-refractivity contribution in [3.8, 4) is 0 Å². The summed E-state index contributed by atoms with van der Waals surface area (Å²) in [6.07, 6.45) is 3.11. The van der Waals surface area contributed by atoms with Crippen LogP contribution in [0, 0.1) is 0 Å². The number of aryl methyl sites for hydroxylation is 1. The molecular weight excluding hydrogens is 212 g/mol. The number of hydrogen-bond acceptors (Lipinski definition) is 2. The highest BCUT2D eigenvalue weighted by molar-refractivity contribution is 5.95. The molecule has 1 atom stereocenters. The predicted molar refractivity (Wildman–Crippen MR) is 69.2 cm³/mol. The van der Waals surface area contributed by atoms with Gasteiger partial charge in [0.25, 0.3) is 5.91 Å². The van der Waals surface area contributed by atoms with Gasteiger partial charge in [-0.15, -0.1) is 0 Å². The molecule has 1 saturated heterocycles. The fourth-order valence-electron chi connectivity index (χ4n) is 2.29. The second kappa shape index (κ2) is 5.82. The van der Waals surface area contributed by atoms with Crippen LogP contribution in [0.4, 0.5) is 0 Å². The summed E-state index contributed by atoms with van der Waals surface area (Å²) in [6.45, 7) is 4.03. The molecule has 0 saturated carbocycles. The Morgan fingerprint density at radius 2 is 2.29 bits per heavy atom. The summed E-state index contributed by atoms with van der Waals surface area (Å²) in [6, 6.07) is 8.12. The Balaban J connectivity index is 2.03. The van der Waals surface area contributed by atoms with Gasteiger partial charge in [-0.3, -0.25) is 4.79 Å². The van der Waals surface area contributed by atoms with E-state index in [2.05, 4.69) is 17.6 Å². The van der Waals surface area contributed by atoms with Crippen LogP contribution >= 0.6 is 0 Å². The molecule has 2 N–H and O–H groups in total. The maximum Gasteiger partial charge on any atom is 0.251 e. The van der Waals surface area contributed by atoms with Gasteiger partial charge in [0.1, 0.15) is 0 Å². The van der Waals surface area contributed by atoms with Gasteiger partial charge in [0.15, 0.2) is 0 Å². The van der Waals surface area contributed by atoms with Crippen molar-refractivity contribution in [3.05, 3.63) is 35.4 Å². The molecule has 1 heterocycles. The zero-order chi connectivity index (χ0) is 12.1. The third kappa shape index (κ3) is 3.07. The van der Waals surface area contributed by atoms with Gasteiger partial charge in [-0.05, 0) is 37.4 Å². The second-order valence-corrected chi connectivity index (χ2v) is 4.53. The smallest absolute Gasteiger partial charge is 0.251 e. The fourth-order valence-corrected chi connectivity index (χ4v) is 2.29. The lowest BCUT2D eigenvalue weighted by molar-refractivity contribution is 0.0930. The molecule has 0 aromatic heterocycles. The molecule has 0 spiro atoms. The minimum atomic E-state index is 0.0659. The molecule has 1 aromatic carbocycles. The van der Waals surface area contributed by atoms with E-state index in [-0.39, 0.29) is 11.9 Å². The van der Waals surface area contributed by atoms with E-state index in [0.29, 0.717) is 0 Å². The number of amides is 1. The van der Waals surface area contributed by atoms with Crippen molar-refractivity contribution in [2.24, 2.45) is 0 Å². The van der Waals surface area contributed by atoms with E-state index in [0.717, 1.165) is 43.5 Å². The number of carbonyl (C=O) groups is 1. The highest BCUT2D eigenvalue weighted by atomic mass is 16.1. The van der Waals surface area contributed by atoms with Crippen molar-refractivity contribution in [2.75, 3.05) is 13.1 Å². The van der Waals surface area contributed by atoms with E-state index in [1.165, 1.54) is 0 Å². The van der Waals surface area contributed by atoms with Crippen molar-refractivity contribution in [1.82, 2.24) is 10.6 Å². The monoisotopic (exact) mass is 232 g/mol. The summed E-state index contributed by atoms with van der Waals surface area (Å²) in [5.41, 5.74) is 1.94. The Labute approximate surface area is 103 Å². The van der Waals surface area contributed by atoms with E-state index in [1.54, 1.807) is 0 Å². The zero-order valence-corrected chi connectivity index (χ0v) is 10.3. The number of piperidine rings is 1. The van der Waals surface area contributed by atoms with Gasteiger partial charge in [0, 0.05) is 18.2 Å². The van der Waals surface area contributed by atoms with Crippen molar-refractivity contribution >= 4 is 5.91 Å². The quantitative estimate of drug-likeness (QED) is 0.833. The van der Waals surface area contributed by atoms with Gasteiger partial charge in [-0.2, -0.15) is 0 Å². The molecule has 1 aliphatic rings. The lowest BCUT2D eigenvalue weighted by Crippen LogP contribution is -2.45. The third-order valence-electron chi connectivity index (χ3n) is 3.27. The summed E-state index contributed by atoms with van der Waals surface area (Å²) in [5, 5.41) is 6.41. The van der Waals surface area contributed by atoms with Crippen LogP contribution in [0.3, 0.4) is 0 Å².